The molecule has 4 fully saturated rings. The van der Waals surface area contributed by atoms with E-state index in [0.717, 1.165) is 19.3 Å². The zero-order valence-electron chi connectivity index (χ0n) is 14.7. The molecule has 0 aromatic carbocycles. The number of carbonyl (C=O) groups excluding carboxylic acids is 3. The molecule has 4 rings (SSSR count). The molecule has 1 N–H and O–H groups in total. The van der Waals surface area contributed by atoms with Gasteiger partial charge >= 0.3 is 17.9 Å². The van der Waals surface area contributed by atoms with Gasteiger partial charge in [0.1, 0.15) is 11.7 Å². The van der Waals surface area contributed by atoms with Crippen LogP contribution in [0.2, 0.25) is 0 Å². The van der Waals surface area contributed by atoms with E-state index in [2.05, 4.69) is 0 Å². The van der Waals surface area contributed by atoms with Crippen molar-refractivity contribution in [1.29, 1.82) is 0 Å². The van der Waals surface area contributed by atoms with Crippen molar-refractivity contribution in [2.24, 2.45) is 11.8 Å². The summed E-state index contributed by atoms with van der Waals surface area (Å²) in [5.41, 5.74) is -0.705. The molecule has 2 aliphatic heterocycles. The first-order valence-electron chi connectivity index (χ1n) is 9.17. The number of hydrogen-bond acceptors (Lipinski definition) is 7. The van der Waals surface area contributed by atoms with E-state index in [1.54, 1.807) is 13.8 Å². The number of fused-ring (bicyclic) bond motifs is 1. The smallest absolute Gasteiger partial charge is 0.347 e. The first-order chi connectivity index (χ1) is 11.9. The number of aliphatic hydroxyl groups excluding tert-OH is 1. The Labute approximate surface area is 147 Å². The number of esters is 3. The maximum atomic E-state index is 12.6. The van der Waals surface area contributed by atoms with Crippen LogP contribution in [-0.4, -0.2) is 46.9 Å². The average Bonchev–Trinajstić information content (AvgIpc) is 2.72. The Balaban J connectivity index is 1.69. The summed E-state index contributed by atoms with van der Waals surface area (Å²) in [7, 11) is 0. The lowest BCUT2D eigenvalue weighted by Gasteiger charge is -2.45. The van der Waals surface area contributed by atoms with Crippen molar-refractivity contribution >= 4 is 17.9 Å². The number of hydrogen-bond donors (Lipinski definition) is 1. The van der Waals surface area contributed by atoms with E-state index < -0.39 is 29.7 Å². The van der Waals surface area contributed by atoms with Gasteiger partial charge in [0, 0.05) is 12.8 Å². The van der Waals surface area contributed by atoms with Gasteiger partial charge in [-0.1, -0.05) is 13.8 Å². The summed E-state index contributed by atoms with van der Waals surface area (Å²) in [5.74, 6) is -1.50. The predicted octanol–water partition coefficient (Wildman–Crippen LogP) is 1.50. The molecule has 25 heavy (non-hydrogen) atoms. The zero-order chi connectivity index (χ0) is 18.2. The minimum absolute atomic E-state index is 0.185. The fourth-order valence-corrected chi connectivity index (χ4v) is 4.46. The van der Waals surface area contributed by atoms with Gasteiger partial charge in [0.15, 0.2) is 12.2 Å². The van der Waals surface area contributed by atoms with Gasteiger partial charge < -0.3 is 19.3 Å². The van der Waals surface area contributed by atoms with E-state index in [-0.39, 0.29) is 30.8 Å². The highest BCUT2D eigenvalue weighted by molar-refractivity contribution is 5.81. The summed E-state index contributed by atoms with van der Waals surface area (Å²) in [6.07, 6.45) is 1.35. The largest absolute Gasteiger partial charge is 0.462 e. The Morgan fingerprint density at radius 1 is 1.20 bits per heavy atom. The lowest BCUT2D eigenvalue weighted by Crippen LogP contribution is -2.49. The number of carbonyl (C=O) groups is 3. The molecule has 0 radical (unpaired) electrons. The van der Waals surface area contributed by atoms with Crippen LogP contribution in [0, 0.1) is 11.8 Å². The summed E-state index contributed by atoms with van der Waals surface area (Å²) in [6, 6.07) is 0. The van der Waals surface area contributed by atoms with Crippen LogP contribution in [-0.2, 0) is 28.6 Å². The third-order valence-electron chi connectivity index (χ3n) is 5.58. The second kappa shape index (κ2) is 6.94. The first kappa shape index (κ1) is 18.2. The summed E-state index contributed by atoms with van der Waals surface area (Å²) in [5, 5.41) is 9.54. The van der Waals surface area contributed by atoms with Crippen LogP contribution in [0.3, 0.4) is 0 Å². The highest BCUT2D eigenvalue weighted by atomic mass is 16.6. The molecular weight excluding hydrogens is 328 g/mol. The van der Waals surface area contributed by atoms with Crippen molar-refractivity contribution in [3.8, 4) is 0 Å². The van der Waals surface area contributed by atoms with E-state index in [4.69, 9.17) is 14.2 Å². The van der Waals surface area contributed by atoms with E-state index in [9.17, 15) is 19.5 Å². The molecule has 0 aromatic heterocycles. The summed E-state index contributed by atoms with van der Waals surface area (Å²) >= 11 is 0. The van der Waals surface area contributed by atoms with E-state index in [1.807, 2.05) is 0 Å². The highest BCUT2D eigenvalue weighted by Crippen LogP contribution is 2.51. The summed E-state index contributed by atoms with van der Waals surface area (Å²) in [6.45, 7) is 3.37. The molecule has 6 atom stereocenters. The highest BCUT2D eigenvalue weighted by Gasteiger charge is 2.55. The van der Waals surface area contributed by atoms with Gasteiger partial charge in [-0.05, 0) is 38.0 Å². The van der Waals surface area contributed by atoms with Crippen molar-refractivity contribution in [3.63, 3.8) is 0 Å². The molecule has 140 valence electrons. The van der Waals surface area contributed by atoms with Gasteiger partial charge in [-0.25, -0.2) is 9.59 Å². The van der Waals surface area contributed by atoms with Gasteiger partial charge in [0.25, 0.3) is 0 Å². The number of ether oxygens (including phenoxy) is 3. The third kappa shape index (κ3) is 3.66. The zero-order valence-corrected chi connectivity index (χ0v) is 14.7. The Morgan fingerprint density at radius 2 is 1.96 bits per heavy atom. The van der Waals surface area contributed by atoms with Crippen LogP contribution in [0.25, 0.3) is 0 Å². The van der Waals surface area contributed by atoms with Gasteiger partial charge in [-0.15, -0.1) is 0 Å². The fourth-order valence-electron chi connectivity index (χ4n) is 4.46. The molecule has 0 aromatic rings. The lowest BCUT2D eigenvalue weighted by molar-refractivity contribution is -0.192. The molecule has 4 aliphatic rings. The third-order valence-corrected chi connectivity index (χ3v) is 5.58. The number of aliphatic hydroxyl groups is 1. The van der Waals surface area contributed by atoms with Gasteiger partial charge in [-0.2, -0.15) is 0 Å². The van der Waals surface area contributed by atoms with Gasteiger partial charge in [-0.3, -0.25) is 4.79 Å². The molecule has 7 nitrogen and oxygen atoms in total. The maximum absolute atomic E-state index is 12.6. The van der Waals surface area contributed by atoms with E-state index in [1.165, 1.54) is 0 Å². The molecule has 2 aliphatic carbocycles. The second-order valence-electron chi connectivity index (χ2n) is 7.57. The van der Waals surface area contributed by atoms with Crippen molar-refractivity contribution < 1.29 is 33.7 Å². The lowest BCUT2D eigenvalue weighted by atomic mass is 9.65. The molecule has 4 bridgehead atoms. The quantitative estimate of drug-likeness (QED) is 0.570. The van der Waals surface area contributed by atoms with Crippen molar-refractivity contribution in [1.82, 2.24) is 0 Å². The molecule has 2 saturated carbocycles. The molecule has 7 heteroatoms. The molecule has 2 saturated heterocycles. The normalized spacial score (nSPS) is 35.5. The molecule has 6 unspecified atom stereocenters. The predicted molar refractivity (Wildman–Crippen MR) is 85.2 cm³/mol. The van der Waals surface area contributed by atoms with Crippen LogP contribution in [0.15, 0.2) is 0 Å². The fraction of sp³-hybridized carbons (Fsp3) is 0.833. The van der Waals surface area contributed by atoms with Crippen LogP contribution in [0.4, 0.5) is 0 Å². The monoisotopic (exact) mass is 354 g/mol. The van der Waals surface area contributed by atoms with Crippen molar-refractivity contribution in [2.45, 2.75) is 82.7 Å². The van der Waals surface area contributed by atoms with E-state index in [0.29, 0.717) is 18.8 Å². The van der Waals surface area contributed by atoms with Crippen LogP contribution < -0.4 is 0 Å². The molecule has 2 heterocycles. The minimum atomic E-state index is -1.24. The summed E-state index contributed by atoms with van der Waals surface area (Å²) in [4.78, 5) is 36.4. The van der Waals surface area contributed by atoms with Crippen molar-refractivity contribution in [2.75, 3.05) is 0 Å². The Hall–Kier alpha value is -1.63. The van der Waals surface area contributed by atoms with Crippen LogP contribution >= 0.6 is 0 Å². The Morgan fingerprint density at radius 3 is 2.64 bits per heavy atom. The van der Waals surface area contributed by atoms with Crippen LogP contribution in [0.1, 0.15) is 58.8 Å². The van der Waals surface area contributed by atoms with Crippen molar-refractivity contribution in [3.05, 3.63) is 0 Å². The Kier molecular flexibility index (Phi) is 5.04. The van der Waals surface area contributed by atoms with Crippen LogP contribution in [0.5, 0.6) is 0 Å². The topological polar surface area (TPSA) is 99.1 Å². The summed E-state index contributed by atoms with van der Waals surface area (Å²) < 4.78 is 16.4. The standard InChI is InChI=1S/C18H26O7/c1-3-13(19)16(21)24-14(4-2)17(22)25-18-7-10-5-11(8-18)15(20)23-12(6-10)9-18/h10-14,19H,3-9H2,1-2H3. The first-order valence-corrected chi connectivity index (χ1v) is 9.17. The molecule has 0 amide bonds. The van der Waals surface area contributed by atoms with E-state index >= 15 is 0 Å². The van der Waals surface area contributed by atoms with Gasteiger partial charge in [0.2, 0.25) is 0 Å². The van der Waals surface area contributed by atoms with Gasteiger partial charge in [0.05, 0.1) is 5.92 Å². The molecule has 0 spiro atoms. The maximum Gasteiger partial charge on any atom is 0.347 e. The minimum Gasteiger partial charge on any atom is -0.462 e. The average molecular weight is 354 g/mol. The molecular formula is C18H26O7. The number of rotatable bonds is 6. The second-order valence-corrected chi connectivity index (χ2v) is 7.57. The Bertz CT molecular complexity index is 560. The SMILES string of the molecule is CCC(O)C(=O)OC(CC)C(=O)OC12CC3CC(C1)OC(=O)C(C3)C2.